The highest BCUT2D eigenvalue weighted by molar-refractivity contribution is 7.89. The molecule has 10 heteroatoms. The number of anilines is 1. The molecular formula is C28H34ClN3O5S. The van der Waals surface area contributed by atoms with Crippen molar-refractivity contribution in [1.29, 1.82) is 0 Å². The lowest BCUT2D eigenvalue weighted by molar-refractivity contribution is 0.0951. The van der Waals surface area contributed by atoms with Gasteiger partial charge in [-0.1, -0.05) is 48.0 Å². The summed E-state index contributed by atoms with van der Waals surface area (Å²) in [6, 6.07) is 18.5. The first-order chi connectivity index (χ1) is 18.0. The van der Waals surface area contributed by atoms with Crippen molar-refractivity contribution in [3.05, 3.63) is 82.4 Å². The number of hydrogen-bond acceptors (Lipinski definition) is 6. The number of sulfonamides is 1. The van der Waals surface area contributed by atoms with Crippen molar-refractivity contribution in [2.75, 3.05) is 53.9 Å². The number of nitrogens with zero attached hydrogens (tertiary/aromatic N) is 2. The molecule has 0 bridgehead atoms. The fraction of sp³-hybridized carbons (Fsp3) is 0.321. The van der Waals surface area contributed by atoms with Crippen molar-refractivity contribution in [3.8, 4) is 11.5 Å². The number of ether oxygens (including phenoxy) is 2. The van der Waals surface area contributed by atoms with Gasteiger partial charge in [0, 0.05) is 40.7 Å². The van der Waals surface area contributed by atoms with Crippen LogP contribution in [0.4, 0.5) is 5.69 Å². The second-order valence-electron chi connectivity index (χ2n) is 9.19. The molecule has 0 heterocycles. The van der Waals surface area contributed by atoms with Crippen LogP contribution in [0.1, 0.15) is 27.4 Å². The Kier molecular flexibility index (Phi) is 9.65. The standard InChI is InChI=1S/C28H34ClN3O5S/c1-31(2)24-17-23(29)27(38(34,35)32(3)4)16-22(24)28(33)30-18-21(14-19-10-8-7-9-11-19)20-12-13-25(36-5)26(15-20)37-6/h7-13,15-17,21H,14,18H2,1-6H3,(H,30,33)/t21-/m1/s1. The van der Waals surface area contributed by atoms with E-state index in [0.717, 1.165) is 15.4 Å². The lowest BCUT2D eigenvalue weighted by Crippen LogP contribution is -2.31. The van der Waals surface area contributed by atoms with Gasteiger partial charge in [0.05, 0.1) is 30.5 Å². The molecule has 0 saturated heterocycles. The minimum absolute atomic E-state index is 0.0474. The number of carbonyl (C=O) groups excluding carboxylic acids is 1. The predicted molar refractivity (Wildman–Crippen MR) is 151 cm³/mol. The molecule has 0 aliphatic heterocycles. The van der Waals surface area contributed by atoms with E-state index in [0.29, 0.717) is 30.2 Å². The van der Waals surface area contributed by atoms with E-state index < -0.39 is 15.9 Å². The average Bonchev–Trinajstić information content (AvgIpc) is 2.90. The van der Waals surface area contributed by atoms with Crippen LogP contribution >= 0.6 is 11.6 Å². The molecule has 3 rings (SSSR count). The highest BCUT2D eigenvalue weighted by Crippen LogP contribution is 2.33. The predicted octanol–water partition coefficient (Wildman–Crippen LogP) is 4.43. The van der Waals surface area contributed by atoms with E-state index in [1.807, 2.05) is 48.5 Å². The molecule has 0 saturated carbocycles. The van der Waals surface area contributed by atoms with Crippen molar-refractivity contribution >= 4 is 33.2 Å². The summed E-state index contributed by atoms with van der Waals surface area (Å²) in [6.07, 6.45) is 0.665. The van der Waals surface area contributed by atoms with Crippen molar-refractivity contribution < 1.29 is 22.7 Å². The Bertz CT molecular complexity index is 1380. The van der Waals surface area contributed by atoms with Crippen LogP contribution in [0, 0.1) is 0 Å². The summed E-state index contributed by atoms with van der Waals surface area (Å²) < 4.78 is 37.6. The third-order valence-corrected chi connectivity index (χ3v) is 8.53. The van der Waals surface area contributed by atoms with Gasteiger partial charge < -0.3 is 19.7 Å². The van der Waals surface area contributed by atoms with Crippen molar-refractivity contribution in [3.63, 3.8) is 0 Å². The molecule has 1 amide bonds. The highest BCUT2D eigenvalue weighted by atomic mass is 35.5. The first-order valence-corrected chi connectivity index (χ1v) is 13.8. The van der Waals surface area contributed by atoms with Crippen LogP contribution in [0.2, 0.25) is 5.02 Å². The number of halogens is 1. The summed E-state index contributed by atoms with van der Waals surface area (Å²) in [4.78, 5) is 15.1. The number of hydrogen-bond donors (Lipinski definition) is 1. The Labute approximate surface area is 230 Å². The minimum Gasteiger partial charge on any atom is -0.493 e. The maximum Gasteiger partial charge on any atom is 0.253 e. The number of nitrogens with one attached hydrogen (secondary N) is 1. The molecule has 0 fully saturated rings. The molecule has 8 nitrogen and oxygen atoms in total. The van der Waals surface area contributed by atoms with Gasteiger partial charge in [0.25, 0.3) is 5.91 Å². The minimum atomic E-state index is -3.86. The van der Waals surface area contributed by atoms with Crippen LogP contribution in [-0.2, 0) is 16.4 Å². The van der Waals surface area contributed by atoms with E-state index >= 15 is 0 Å². The Morgan fingerprint density at radius 1 is 0.947 bits per heavy atom. The fourth-order valence-electron chi connectivity index (χ4n) is 4.11. The van der Waals surface area contributed by atoms with Crippen LogP contribution < -0.4 is 19.7 Å². The van der Waals surface area contributed by atoms with Crippen LogP contribution in [0.3, 0.4) is 0 Å². The van der Waals surface area contributed by atoms with E-state index in [-0.39, 0.29) is 21.4 Å². The van der Waals surface area contributed by atoms with Gasteiger partial charge in [-0.15, -0.1) is 0 Å². The number of methoxy groups -OCH3 is 2. The molecule has 3 aromatic rings. The normalized spacial score (nSPS) is 12.2. The third kappa shape index (κ3) is 6.59. The van der Waals surface area contributed by atoms with Gasteiger partial charge in [0.1, 0.15) is 4.90 Å². The Balaban J connectivity index is 1.97. The van der Waals surface area contributed by atoms with E-state index in [2.05, 4.69) is 5.32 Å². The molecular weight excluding hydrogens is 526 g/mol. The number of benzene rings is 3. The molecule has 1 atom stereocenters. The van der Waals surface area contributed by atoms with Gasteiger partial charge in [-0.05, 0) is 41.8 Å². The van der Waals surface area contributed by atoms with E-state index in [1.165, 1.54) is 26.2 Å². The second-order valence-corrected chi connectivity index (χ2v) is 11.7. The zero-order chi connectivity index (χ0) is 28.0. The van der Waals surface area contributed by atoms with Crippen LogP contribution in [0.5, 0.6) is 11.5 Å². The van der Waals surface area contributed by atoms with Gasteiger partial charge in [-0.2, -0.15) is 0 Å². The Hall–Kier alpha value is -3.27. The molecule has 0 radical (unpaired) electrons. The van der Waals surface area contributed by atoms with E-state index in [9.17, 15) is 13.2 Å². The third-order valence-electron chi connectivity index (χ3n) is 6.25. The summed E-state index contributed by atoms with van der Waals surface area (Å²) in [7, 11) is 5.68. The SMILES string of the molecule is COc1ccc([C@@H](CNC(=O)c2cc(S(=O)(=O)N(C)C)c(Cl)cc2N(C)C)Cc2ccccc2)cc1OC. The summed E-state index contributed by atoms with van der Waals surface area (Å²) in [5.74, 6) is 0.714. The molecule has 204 valence electrons. The van der Waals surface area contributed by atoms with E-state index in [4.69, 9.17) is 21.1 Å². The van der Waals surface area contributed by atoms with Gasteiger partial charge in [-0.3, -0.25) is 4.79 Å². The van der Waals surface area contributed by atoms with Crippen molar-refractivity contribution in [2.45, 2.75) is 17.2 Å². The molecule has 0 aliphatic rings. The Morgan fingerprint density at radius 3 is 2.18 bits per heavy atom. The maximum atomic E-state index is 13.5. The fourth-order valence-corrected chi connectivity index (χ4v) is 5.53. The molecule has 0 aromatic heterocycles. The first-order valence-electron chi connectivity index (χ1n) is 12.0. The number of rotatable bonds is 11. The largest absolute Gasteiger partial charge is 0.493 e. The van der Waals surface area contributed by atoms with Gasteiger partial charge in [-0.25, -0.2) is 12.7 Å². The summed E-state index contributed by atoms with van der Waals surface area (Å²) in [6.45, 7) is 0.300. The quantitative estimate of drug-likeness (QED) is 0.374. The highest BCUT2D eigenvalue weighted by Gasteiger charge is 2.26. The smallest absolute Gasteiger partial charge is 0.253 e. The topological polar surface area (TPSA) is 88.2 Å². The zero-order valence-electron chi connectivity index (χ0n) is 22.5. The van der Waals surface area contributed by atoms with Crippen LogP contribution in [-0.4, -0.2) is 67.6 Å². The van der Waals surface area contributed by atoms with Crippen molar-refractivity contribution in [2.24, 2.45) is 0 Å². The molecule has 0 unspecified atom stereocenters. The van der Waals surface area contributed by atoms with Crippen molar-refractivity contribution in [1.82, 2.24) is 9.62 Å². The molecule has 1 N–H and O–H groups in total. The monoisotopic (exact) mass is 559 g/mol. The van der Waals surface area contributed by atoms with Gasteiger partial charge >= 0.3 is 0 Å². The molecule has 3 aromatic carbocycles. The van der Waals surface area contributed by atoms with Gasteiger partial charge in [0.2, 0.25) is 10.0 Å². The maximum absolute atomic E-state index is 13.5. The summed E-state index contributed by atoms with van der Waals surface area (Å²) >= 11 is 6.34. The number of carbonyl (C=O) groups is 1. The Morgan fingerprint density at radius 2 is 1.61 bits per heavy atom. The summed E-state index contributed by atoms with van der Waals surface area (Å²) in [5.41, 5.74) is 2.80. The van der Waals surface area contributed by atoms with Crippen LogP contribution in [0.25, 0.3) is 0 Å². The average molecular weight is 560 g/mol. The number of amides is 1. The lowest BCUT2D eigenvalue weighted by Gasteiger charge is -2.23. The van der Waals surface area contributed by atoms with Crippen LogP contribution in [0.15, 0.2) is 65.6 Å². The first kappa shape index (κ1) is 29.3. The zero-order valence-corrected chi connectivity index (χ0v) is 24.1. The summed E-state index contributed by atoms with van der Waals surface area (Å²) in [5, 5.41) is 3.06. The second kappa shape index (κ2) is 12.5. The lowest BCUT2D eigenvalue weighted by atomic mass is 9.91. The molecule has 0 aliphatic carbocycles. The molecule has 38 heavy (non-hydrogen) atoms. The van der Waals surface area contributed by atoms with E-state index in [1.54, 1.807) is 33.2 Å². The van der Waals surface area contributed by atoms with Gasteiger partial charge in [0.15, 0.2) is 11.5 Å². The molecule has 0 spiro atoms.